The molecule has 11 nitrogen and oxygen atoms in total. The largest absolute Gasteiger partial charge is 0.491 e. The SMILES string of the molecule is NCCc1ccc(-c2cccc(S(=O)(=O)N3CCC4(CC3)C[C@@H](NCC(O)COc3cccc(S(=O)(=O)C(F)(F)CO)c3)CO4)c2)cc1. The third kappa shape index (κ3) is 8.05. The van der Waals surface area contributed by atoms with Gasteiger partial charge in [0.05, 0.1) is 22.0 Å². The average molecular weight is 710 g/mol. The van der Waals surface area contributed by atoms with Crippen LogP contribution in [-0.4, -0.2) is 100 Å². The average Bonchev–Trinajstić information content (AvgIpc) is 3.49. The van der Waals surface area contributed by atoms with E-state index >= 15 is 0 Å². The molecule has 3 aromatic rings. The van der Waals surface area contributed by atoms with Gasteiger partial charge in [0.2, 0.25) is 19.9 Å². The van der Waals surface area contributed by atoms with Crippen molar-refractivity contribution in [2.75, 3.05) is 46.0 Å². The Morgan fingerprint density at radius 1 is 1.00 bits per heavy atom. The maximum atomic E-state index is 13.7. The molecule has 2 atom stereocenters. The Morgan fingerprint density at radius 2 is 1.69 bits per heavy atom. The standard InChI is InChI=1S/C33H41F2N3O8S2/c34-33(35,23-39)47(41,42)30-5-2-4-29(18-30)45-22-28(40)20-37-27-19-32(46-21-27)12-15-38(16-13-32)48(43,44)31-6-1-3-26(17-31)25-9-7-24(8-10-25)11-14-36/h1-10,17-18,27-28,37,39-40H,11-16,19-23,36H2/t27-,28?/m1/s1. The van der Waals surface area contributed by atoms with Gasteiger partial charge in [-0.3, -0.25) is 0 Å². The molecule has 2 fully saturated rings. The van der Waals surface area contributed by atoms with Crippen LogP contribution in [0.5, 0.6) is 5.75 Å². The van der Waals surface area contributed by atoms with Gasteiger partial charge in [-0.2, -0.15) is 13.1 Å². The number of piperidine rings is 1. The van der Waals surface area contributed by atoms with Crippen LogP contribution in [0.1, 0.15) is 24.8 Å². The predicted octanol–water partition coefficient (Wildman–Crippen LogP) is 2.56. The predicted molar refractivity (Wildman–Crippen MR) is 175 cm³/mol. The molecule has 0 aliphatic carbocycles. The molecule has 0 aromatic heterocycles. The first-order valence-electron chi connectivity index (χ1n) is 15.7. The zero-order chi connectivity index (χ0) is 34.6. The van der Waals surface area contributed by atoms with Crippen molar-refractivity contribution in [1.82, 2.24) is 9.62 Å². The number of sulfone groups is 1. The molecule has 1 unspecified atom stereocenters. The Bertz CT molecular complexity index is 1770. The van der Waals surface area contributed by atoms with Gasteiger partial charge in [-0.05, 0) is 79.3 Å². The molecule has 2 aliphatic rings. The van der Waals surface area contributed by atoms with Crippen LogP contribution < -0.4 is 15.8 Å². The van der Waals surface area contributed by atoms with Gasteiger partial charge in [0.15, 0.2) is 0 Å². The molecule has 2 aliphatic heterocycles. The Balaban J connectivity index is 1.10. The Labute approximate surface area is 279 Å². The van der Waals surface area contributed by atoms with Crippen LogP contribution in [0.2, 0.25) is 0 Å². The summed E-state index contributed by atoms with van der Waals surface area (Å²) in [5.41, 5.74) is 8.01. The Kier molecular flexibility index (Phi) is 11.2. The summed E-state index contributed by atoms with van der Waals surface area (Å²) in [6, 6.07) is 19.3. The van der Waals surface area contributed by atoms with Gasteiger partial charge < -0.3 is 30.7 Å². The third-order valence-electron chi connectivity index (χ3n) is 8.81. The van der Waals surface area contributed by atoms with Crippen molar-refractivity contribution in [2.45, 2.75) is 58.5 Å². The van der Waals surface area contributed by atoms with E-state index in [1.165, 1.54) is 16.4 Å². The molecular weight excluding hydrogens is 669 g/mol. The Hall–Kier alpha value is -3.02. The molecule has 0 amide bonds. The molecule has 48 heavy (non-hydrogen) atoms. The van der Waals surface area contributed by atoms with Gasteiger partial charge in [0.25, 0.3) is 0 Å². The summed E-state index contributed by atoms with van der Waals surface area (Å²) in [6.45, 7) is -0.411. The number of aliphatic hydroxyl groups excluding tert-OH is 2. The molecule has 15 heteroatoms. The summed E-state index contributed by atoms with van der Waals surface area (Å²) >= 11 is 0. The summed E-state index contributed by atoms with van der Waals surface area (Å²) in [6.07, 6.45) is 1.44. The second-order valence-electron chi connectivity index (χ2n) is 12.2. The summed E-state index contributed by atoms with van der Waals surface area (Å²) < 4.78 is 91.9. The van der Waals surface area contributed by atoms with E-state index in [1.807, 2.05) is 30.3 Å². The molecule has 3 aromatic carbocycles. The summed E-state index contributed by atoms with van der Waals surface area (Å²) in [4.78, 5) is -0.474. The van der Waals surface area contributed by atoms with E-state index in [-0.39, 0.29) is 29.8 Å². The highest BCUT2D eigenvalue weighted by Crippen LogP contribution is 2.38. The molecule has 0 bridgehead atoms. The van der Waals surface area contributed by atoms with Gasteiger partial charge >= 0.3 is 5.25 Å². The minimum Gasteiger partial charge on any atom is -0.491 e. The highest BCUT2D eigenvalue weighted by Gasteiger charge is 2.46. The second-order valence-corrected chi connectivity index (χ2v) is 16.2. The second kappa shape index (κ2) is 14.8. The number of halogens is 2. The fourth-order valence-corrected chi connectivity index (χ4v) is 8.55. The summed E-state index contributed by atoms with van der Waals surface area (Å²) in [7, 11) is -8.84. The zero-order valence-electron chi connectivity index (χ0n) is 26.3. The van der Waals surface area contributed by atoms with Crippen LogP contribution in [0.15, 0.2) is 82.6 Å². The maximum absolute atomic E-state index is 13.7. The summed E-state index contributed by atoms with van der Waals surface area (Å²) in [5, 5.41) is 18.1. The van der Waals surface area contributed by atoms with Gasteiger partial charge in [0.1, 0.15) is 25.1 Å². The van der Waals surface area contributed by atoms with Crippen molar-refractivity contribution >= 4 is 19.9 Å². The van der Waals surface area contributed by atoms with Gasteiger partial charge in [-0.1, -0.05) is 42.5 Å². The molecule has 2 heterocycles. The van der Waals surface area contributed by atoms with Crippen molar-refractivity contribution in [3.8, 4) is 16.9 Å². The lowest BCUT2D eigenvalue weighted by molar-refractivity contribution is -0.0312. The first-order valence-corrected chi connectivity index (χ1v) is 18.6. The minimum absolute atomic E-state index is 0.0301. The van der Waals surface area contributed by atoms with E-state index in [0.717, 1.165) is 35.2 Å². The van der Waals surface area contributed by atoms with E-state index < -0.39 is 48.3 Å². The number of nitrogens with one attached hydrogen (secondary N) is 1. The van der Waals surface area contributed by atoms with Crippen LogP contribution in [0.3, 0.4) is 0 Å². The van der Waals surface area contributed by atoms with Crippen molar-refractivity contribution in [2.24, 2.45) is 5.73 Å². The van der Waals surface area contributed by atoms with Crippen LogP contribution in [-0.2, 0) is 31.0 Å². The van der Waals surface area contributed by atoms with Crippen molar-refractivity contribution in [1.29, 1.82) is 0 Å². The lowest BCUT2D eigenvalue weighted by Gasteiger charge is -2.38. The molecule has 262 valence electrons. The number of nitrogens with zero attached hydrogens (tertiary/aromatic N) is 1. The van der Waals surface area contributed by atoms with Gasteiger partial charge in [-0.25, -0.2) is 16.8 Å². The van der Waals surface area contributed by atoms with E-state index in [1.54, 1.807) is 18.2 Å². The van der Waals surface area contributed by atoms with Gasteiger partial charge in [-0.15, -0.1) is 0 Å². The molecule has 5 N–H and O–H groups in total. The number of hydrogen-bond acceptors (Lipinski definition) is 10. The number of hydrogen-bond donors (Lipinski definition) is 4. The van der Waals surface area contributed by atoms with Crippen molar-refractivity contribution in [3.63, 3.8) is 0 Å². The number of aliphatic hydroxyl groups is 2. The first kappa shape index (κ1) is 36.3. The minimum atomic E-state index is -5.12. The quantitative estimate of drug-likeness (QED) is 0.195. The maximum Gasteiger partial charge on any atom is 0.372 e. The number of ether oxygens (including phenoxy) is 2. The number of benzene rings is 3. The fourth-order valence-electron chi connectivity index (χ4n) is 6.02. The van der Waals surface area contributed by atoms with E-state index in [0.29, 0.717) is 45.5 Å². The van der Waals surface area contributed by atoms with Crippen LogP contribution in [0.4, 0.5) is 8.78 Å². The highest BCUT2D eigenvalue weighted by molar-refractivity contribution is 7.92. The normalized spacial score (nSPS) is 19.4. The number of alkyl halides is 2. The van der Waals surface area contributed by atoms with Crippen LogP contribution >= 0.6 is 0 Å². The first-order chi connectivity index (χ1) is 22.8. The van der Waals surface area contributed by atoms with E-state index in [4.69, 9.17) is 20.3 Å². The number of rotatable bonds is 14. The third-order valence-corrected chi connectivity index (χ3v) is 12.5. The molecule has 0 saturated carbocycles. The zero-order valence-corrected chi connectivity index (χ0v) is 27.9. The van der Waals surface area contributed by atoms with Gasteiger partial charge in [0, 0.05) is 25.7 Å². The lowest BCUT2D eigenvalue weighted by atomic mass is 9.88. The molecule has 2 saturated heterocycles. The Morgan fingerprint density at radius 3 is 2.38 bits per heavy atom. The van der Waals surface area contributed by atoms with E-state index in [9.17, 15) is 30.7 Å². The van der Waals surface area contributed by atoms with Crippen molar-refractivity contribution in [3.05, 3.63) is 78.4 Å². The van der Waals surface area contributed by atoms with E-state index in [2.05, 4.69) is 5.32 Å². The summed E-state index contributed by atoms with van der Waals surface area (Å²) in [5.74, 6) is -0.0301. The highest BCUT2D eigenvalue weighted by atomic mass is 32.2. The van der Waals surface area contributed by atoms with Crippen LogP contribution in [0, 0.1) is 0 Å². The monoisotopic (exact) mass is 709 g/mol. The fraction of sp³-hybridized carbons (Fsp3) is 0.455. The van der Waals surface area contributed by atoms with Crippen molar-refractivity contribution < 1.29 is 45.3 Å². The molecule has 0 radical (unpaired) electrons. The molecular formula is C33H41F2N3O8S2. The van der Waals surface area contributed by atoms with Crippen LogP contribution in [0.25, 0.3) is 11.1 Å². The molecule has 5 rings (SSSR count). The number of nitrogens with two attached hydrogens (primary N) is 1. The molecule has 1 spiro atoms. The lowest BCUT2D eigenvalue weighted by Crippen LogP contribution is -2.47. The topological polar surface area (TPSA) is 168 Å². The number of sulfonamides is 1. The smallest absolute Gasteiger partial charge is 0.372 e.